The van der Waals surface area contributed by atoms with Gasteiger partial charge in [0.2, 0.25) is 5.89 Å². The van der Waals surface area contributed by atoms with Crippen LogP contribution in [0.4, 0.5) is 5.69 Å². The van der Waals surface area contributed by atoms with Crippen LogP contribution in [-0.4, -0.2) is 23.1 Å². The van der Waals surface area contributed by atoms with Crippen LogP contribution in [0.2, 0.25) is 0 Å². The lowest BCUT2D eigenvalue weighted by atomic mass is 10.1. The summed E-state index contributed by atoms with van der Waals surface area (Å²) in [6.07, 6.45) is 0. The predicted molar refractivity (Wildman–Crippen MR) is 126 cm³/mol. The Hall–Kier alpha value is -3.71. The van der Waals surface area contributed by atoms with Gasteiger partial charge in [-0.1, -0.05) is 24.3 Å². The summed E-state index contributed by atoms with van der Waals surface area (Å²) in [7, 11) is 1.54. The molecule has 3 aromatic carbocycles. The lowest BCUT2D eigenvalue weighted by Crippen LogP contribution is -2.34. The zero-order valence-electron chi connectivity index (χ0n) is 17.4. The van der Waals surface area contributed by atoms with E-state index in [1.54, 1.807) is 12.1 Å². The molecule has 0 unspecified atom stereocenters. The number of nitrogens with one attached hydrogen (secondary N) is 2. The monoisotopic (exact) mass is 431 g/mol. The van der Waals surface area contributed by atoms with Crippen molar-refractivity contribution in [2.75, 3.05) is 12.4 Å². The number of fused-ring (bicyclic) bond motifs is 1. The molecule has 4 aromatic rings. The molecule has 1 aromatic heterocycles. The number of benzene rings is 3. The molecule has 0 radical (unpaired) electrons. The number of rotatable bonds is 4. The van der Waals surface area contributed by atoms with Gasteiger partial charge >= 0.3 is 0 Å². The second-order valence-electron chi connectivity index (χ2n) is 7.13. The van der Waals surface area contributed by atoms with Gasteiger partial charge in [0.15, 0.2) is 10.7 Å². The van der Waals surface area contributed by atoms with Crippen molar-refractivity contribution < 1.29 is 13.9 Å². The second-order valence-corrected chi connectivity index (χ2v) is 7.54. The van der Waals surface area contributed by atoms with Gasteiger partial charge in [-0.2, -0.15) is 0 Å². The number of hydrogen-bond acceptors (Lipinski definition) is 5. The normalized spacial score (nSPS) is 10.7. The molecular weight excluding hydrogens is 410 g/mol. The number of carbonyl (C=O) groups excluding carboxylic acids is 1. The minimum absolute atomic E-state index is 0.180. The maximum absolute atomic E-state index is 12.6. The van der Waals surface area contributed by atoms with Gasteiger partial charge in [-0.15, -0.1) is 0 Å². The van der Waals surface area contributed by atoms with Crippen molar-refractivity contribution in [3.05, 3.63) is 77.4 Å². The van der Waals surface area contributed by atoms with E-state index in [4.69, 9.17) is 21.4 Å². The molecule has 4 rings (SSSR count). The zero-order chi connectivity index (χ0) is 22.0. The smallest absolute Gasteiger partial charge is 0.261 e. The highest BCUT2D eigenvalue weighted by molar-refractivity contribution is 7.80. The fraction of sp³-hybridized carbons (Fsp3) is 0.125. The minimum Gasteiger partial charge on any atom is -0.496 e. The number of carbonyl (C=O) groups is 1. The van der Waals surface area contributed by atoms with E-state index in [1.807, 2.05) is 62.4 Å². The molecule has 1 amide bonds. The number of thiocarbonyl (C=S) groups is 1. The molecule has 0 spiro atoms. The molecule has 0 atom stereocenters. The van der Waals surface area contributed by atoms with E-state index in [0.717, 1.165) is 27.8 Å². The molecule has 0 saturated carbocycles. The molecule has 0 saturated heterocycles. The first-order valence-electron chi connectivity index (χ1n) is 9.68. The van der Waals surface area contributed by atoms with E-state index in [1.165, 1.54) is 7.11 Å². The first-order valence-corrected chi connectivity index (χ1v) is 10.1. The van der Waals surface area contributed by atoms with E-state index >= 15 is 0 Å². The first kappa shape index (κ1) is 20.6. The molecule has 0 aliphatic rings. The van der Waals surface area contributed by atoms with Gasteiger partial charge in [-0.25, -0.2) is 4.98 Å². The summed E-state index contributed by atoms with van der Waals surface area (Å²) < 4.78 is 11.2. The SMILES string of the molecule is COc1c(C)cccc1C(=O)NC(=S)Nc1cccc(-c2nc3cc(C)ccc3o2)c1. The minimum atomic E-state index is -0.344. The van der Waals surface area contributed by atoms with Crippen LogP contribution in [0.3, 0.4) is 0 Å². The third-order valence-corrected chi connectivity index (χ3v) is 5.00. The van der Waals surface area contributed by atoms with Crippen molar-refractivity contribution >= 4 is 40.0 Å². The second kappa shape index (κ2) is 8.57. The van der Waals surface area contributed by atoms with Crippen molar-refractivity contribution in [3.8, 4) is 17.2 Å². The number of amides is 1. The molecule has 31 heavy (non-hydrogen) atoms. The highest BCUT2D eigenvalue weighted by Gasteiger charge is 2.15. The van der Waals surface area contributed by atoms with Gasteiger partial charge in [0.05, 0.1) is 12.7 Å². The van der Waals surface area contributed by atoms with Crippen LogP contribution < -0.4 is 15.4 Å². The van der Waals surface area contributed by atoms with E-state index in [0.29, 0.717) is 22.9 Å². The third-order valence-electron chi connectivity index (χ3n) is 4.80. The van der Waals surface area contributed by atoms with Crippen LogP contribution in [-0.2, 0) is 0 Å². The average Bonchev–Trinajstić information content (AvgIpc) is 3.17. The predicted octanol–water partition coefficient (Wildman–Crippen LogP) is 5.25. The van der Waals surface area contributed by atoms with Crippen LogP contribution in [0.5, 0.6) is 5.75 Å². The quantitative estimate of drug-likeness (QED) is 0.430. The summed E-state index contributed by atoms with van der Waals surface area (Å²) >= 11 is 5.33. The van der Waals surface area contributed by atoms with Gasteiger partial charge < -0.3 is 14.5 Å². The number of oxazole rings is 1. The molecule has 7 heteroatoms. The van der Waals surface area contributed by atoms with Gasteiger partial charge in [0.1, 0.15) is 11.3 Å². The number of para-hydroxylation sites is 1. The van der Waals surface area contributed by atoms with E-state index < -0.39 is 0 Å². The number of ether oxygens (including phenoxy) is 1. The van der Waals surface area contributed by atoms with E-state index in [9.17, 15) is 4.79 Å². The Kier molecular flexibility index (Phi) is 5.68. The zero-order valence-corrected chi connectivity index (χ0v) is 18.2. The molecule has 156 valence electrons. The molecule has 2 N–H and O–H groups in total. The highest BCUT2D eigenvalue weighted by atomic mass is 32.1. The number of nitrogens with zero attached hydrogens (tertiary/aromatic N) is 1. The Morgan fingerprint density at radius 1 is 1.06 bits per heavy atom. The Bertz CT molecular complexity index is 1300. The van der Waals surface area contributed by atoms with Crippen LogP contribution in [0, 0.1) is 13.8 Å². The largest absolute Gasteiger partial charge is 0.496 e. The van der Waals surface area contributed by atoms with Crippen LogP contribution in [0.25, 0.3) is 22.6 Å². The fourth-order valence-corrected chi connectivity index (χ4v) is 3.54. The fourth-order valence-electron chi connectivity index (χ4n) is 3.33. The lowest BCUT2D eigenvalue weighted by Gasteiger charge is -2.13. The molecule has 6 nitrogen and oxygen atoms in total. The Balaban J connectivity index is 1.50. The van der Waals surface area contributed by atoms with Crippen molar-refractivity contribution in [1.29, 1.82) is 0 Å². The highest BCUT2D eigenvalue weighted by Crippen LogP contribution is 2.27. The number of hydrogen-bond donors (Lipinski definition) is 2. The van der Waals surface area contributed by atoms with Crippen LogP contribution >= 0.6 is 12.2 Å². The Morgan fingerprint density at radius 2 is 1.87 bits per heavy atom. The van der Waals surface area contributed by atoms with Crippen molar-refractivity contribution in [2.45, 2.75) is 13.8 Å². The van der Waals surface area contributed by atoms with Gasteiger partial charge in [-0.05, 0) is 73.6 Å². The summed E-state index contributed by atoms with van der Waals surface area (Å²) in [5.41, 5.74) is 5.45. The van der Waals surface area contributed by atoms with Crippen molar-refractivity contribution in [1.82, 2.24) is 10.3 Å². The maximum Gasteiger partial charge on any atom is 0.261 e. The first-order chi connectivity index (χ1) is 14.9. The van der Waals surface area contributed by atoms with Crippen molar-refractivity contribution in [3.63, 3.8) is 0 Å². The molecule has 0 aliphatic carbocycles. The van der Waals surface area contributed by atoms with Gasteiger partial charge in [-0.3, -0.25) is 10.1 Å². The van der Waals surface area contributed by atoms with Gasteiger partial charge in [0.25, 0.3) is 5.91 Å². The molecule has 1 heterocycles. The van der Waals surface area contributed by atoms with Crippen molar-refractivity contribution in [2.24, 2.45) is 0 Å². The molecule has 0 bridgehead atoms. The number of aryl methyl sites for hydroxylation is 2. The van der Waals surface area contributed by atoms with Crippen LogP contribution in [0.1, 0.15) is 21.5 Å². The summed E-state index contributed by atoms with van der Waals surface area (Å²) in [5, 5.41) is 5.91. The molecule has 0 aliphatic heterocycles. The van der Waals surface area contributed by atoms with Crippen LogP contribution in [0.15, 0.2) is 65.1 Å². The Morgan fingerprint density at radius 3 is 2.68 bits per heavy atom. The molecular formula is C24H21N3O3S. The number of methoxy groups -OCH3 is 1. The Labute approximate surface area is 185 Å². The third kappa shape index (κ3) is 4.41. The number of anilines is 1. The van der Waals surface area contributed by atoms with Gasteiger partial charge in [0, 0.05) is 11.3 Å². The maximum atomic E-state index is 12.6. The average molecular weight is 432 g/mol. The van der Waals surface area contributed by atoms with E-state index in [-0.39, 0.29) is 11.0 Å². The number of aromatic nitrogens is 1. The lowest BCUT2D eigenvalue weighted by molar-refractivity contribution is 0.0974. The molecule has 0 fully saturated rings. The standard InChI is InChI=1S/C24H21N3O3S/c1-14-10-11-20-19(12-14)26-23(30-20)16-7-5-8-17(13-16)25-24(31)27-22(28)18-9-4-6-15(2)21(18)29-3/h4-13H,1-3H3,(H2,25,27,28,31). The van der Waals surface area contributed by atoms with E-state index in [2.05, 4.69) is 15.6 Å². The summed E-state index contributed by atoms with van der Waals surface area (Å²) in [4.78, 5) is 17.2. The summed E-state index contributed by atoms with van der Waals surface area (Å²) in [6, 6.07) is 18.7. The summed E-state index contributed by atoms with van der Waals surface area (Å²) in [5.74, 6) is 0.697. The topological polar surface area (TPSA) is 76.4 Å². The summed E-state index contributed by atoms with van der Waals surface area (Å²) in [6.45, 7) is 3.89.